The summed E-state index contributed by atoms with van der Waals surface area (Å²) in [4.78, 5) is 0. The summed E-state index contributed by atoms with van der Waals surface area (Å²) in [6, 6.07) is 3.82. The molecule has 0 aliphatic carbocycles. The quantitative estimate of drug-likeness (QED) is 0.731. The maximum absolute atomic E-state index is 8.67. The lowest BCUT2D eigenvalue weighted by Gasteiger charge is -2.16. The second kappa shape index (κ2) is 3.40. The van der Waals surface area contributed by atoms with Crippen molar-refractivity contribution in [1.29, 1.82) is 0 Å². The summed E-state index contributed by atoms with van der Waals surface area (Å²) in [5.74, 6) is 0.898. The highest BCUT2D eigenvalue weighted by atomic mass is 16.7. The summed E-state index contributed by atoms with van der Waals surface area (Å²) in [7, 11) is 0. The van der Waals surface area contributed by atoms with Crippen LogP contribution in [-0.4, -0.2) is 11.0 Å². The lowest BCUT2D eigenvalue weighted by molar-refractivity contribution is -0.0431. The number of hydroxylamine groups is 1. The van der Waals surface area contributed by atoms with E-state index in [-0.39, 0.29) is 0 Å². The molecule has 4 heteroatoms. The van der Waals surface area contributed by atoms with Crippen LogP contribution in [0.2, 0.25) is 0 Å². The van der Waals surface area contributed by atoms with Gasteiger partial charge in [0, 0.05) is 20.4 Å². The maximum Gasteiger partial charge on any atom is 0.246 e. The monoisotopic (exact) mass is 209 g/mol. The van der Waals surface area contributed by atoms with E-state index in [0.717, 1.165) is 22.6 Å². The van der Waals surface area contributed by atoms with E-state index >= 15 is 0 Å². The zero-order chi connectivity index (χ0) is 11.1. The number of rotatable bonds is 2. The van der Waals surface area contributed by atoms with E-state index < -0.39 is 5.79 Å². The first-order valence-corrected chi connectivity index (χ1v) is 4.90. The zero-order valence-corrected chi connectivity index (χ0v) is 9.13. The summed E-state index contributed by atoms with van der Waals surface area (Å²) in [6.45, 7) is 6.11. The summed E-state index contributed by atoms with van der Waals surface area (Å²) < 4.78 is 11.2. The molecule has 1 aromatic rings. The van der Waals surface area contributed by atoms with Gasteiger partial charge in [-0.1, -0.05) is 0 Å². The van der Waals surface area contributed by atoms with E-state index in [1.54, 1.807) is 0 Å². The van der Waals surface area contributed by atoms with Crippen molar-refractivity contribution < 1.29 is 14.7 Å². The average Bonchev–Trinajstić information content (AvgIpc) is 2.39. The van der Waals surface area contributed by atoms with Crippen LogP contribution in [0.1, 0.15) is 25.0 Å². The first-order chi connectivity index (χ1) is 7.02. The Balaban J connectivity index is 2.36. The molecule has 0 saturated carbocycles. The van der Waals surface area contributed by atoms with Gasteiger partial charge in [-0.25, -0.2) is 5.48 Å². The molecule has 0 unspecified atom stereocenters. The topological polar surface area (TPSA) is 50.7 Å². The van der Waals surface area contributed by atoms with Crippen LogP contribution in [0.4, 0.5) is 0 Å². The van der Waals surface area contributed by atoms with Gasteiger partial charge < -0.3 is 14.7 Å². The molecule has 1 aromatic carbocycles. The molecular weight excluding hydrogens is 194 g/mol. The van der Waals surface area contributed by atoms with Gasteiger partial charge in [-0.15, -0.1) is 0 Å². The fourth-order valence-corrected chi connectivity index (χ4v) is 1.69. The molecular formula is C11H15NO3. The summed E-state index contributed by atoms with van der Waals surface area (Å²) in [6.07, 6.45) is 0. The number of hydrogen-bond acceptors (Lipinski definition) is 4. The molecule has 0 saturated heterocycles. The van der Waals surface area contributed by atoms with E-state index in [2.05, 4.69) is 5.48 Å². The molecule has 1 aliphatic heterocycles. The van der Waals surface area contributed by atoms with Crippen LogP contribution in [-0.2, 0) is 6.54 Å². The molecule has 4 nitrogen and oxygen atoms in total. The van der Waals surface area contributed by atoms with Gasteiger partial charge in [-0.3, -0.25) is 0 Å². The Morgan fingerprint density at radius 3 is 2.47 bits per heavy atom. The summed E-state index contributed by atoms with van der Waals surface area (Å²) >= 11 is 0. The number of nitrogens with one attached hydrogen (secondary N) is 1. The highest BCUT2D eigenvalue weighted by Gasteiger charge is 2.32. The highest BCUT2D eigenvalue weighted by Crippen LogP contribution is 2.40. The number of benzene rings is 1. The Kier molecular flexibility index (Phi) is 2.32. The van der Waals surface area contributed by atoms with Crippen LogP contribution in [0.5, 0.6) is 11.5 Å². The van der Waals surface area contributed by atoms with E-state index in [1.165, 1.54) is 0 Å². The number of aryl methyl sites for hydroxylation is 1. The minimum atomic E-state index is -0.597. The molecule has 0 spiro atoms. The van der Waals surface area contributed by atoms with Crippen LogP contribution in [0.25, 0.3) is 0 Å². The van der Waals surface area contributed by atoms with Crippen LogP contribution in [0.15, 0.2) is 12.1 Å². The van der Waals surface area contributed by atoms with Gasteiger partial charge in [0.25, 0.3) is 0 Å². The number of ether oxygens (including phenoxy) is 2. The first kappa shape index (κ1) is 10.3. The van der Waals surface area contributed by atoms with Crippen molar-refractivity contribution in [2.45, 2.75) is 33.1 Å². The van der Waals surface area contributed by atoms with Gasteiger partial charge in [0.15, 0.2) is 11.5 Å². The fraction of sp³-hybridized carbons (Fsp3) is 0.455. The second-order valence-electron chi connectivity index (χ2n) is 4.16. The Hall–Kier alpha value is -1.26. The molecule has 0 bridgehead atoms. The van der Waals surface area contributed by atoms with E-state index in [1.807, 2.05) is 32.9 Å². The summed E-state index contributed by atoms with van der Waals surface area (Å²) in [5, 5.41) is 8.67. The van der Waals surface area contributed by atoms with Crippen molar-refractivity contribution in [3.05, 3.63) is 23.3 Å². The molecule has 0 amide bonds. The third-order valence-corrected chi connectivity index (χ3v) is 2.38. The van der Waals surface area contributed by atoms with Gasteiger partial charge >= 0.3 is 0 Å². The first-order valence-electron chi connectivity index (χ1n) is 4.90. The SMILES string of the molecule is Cc1cc2c(cc1CNO)OC(C)(C)O2. The zero-order valence-electron chi connectivity index (χ0n) is 9.13. The third kappa shape index (κ3) is 1.91. The Morgan fingerprint density at radius 2 is 1.87 bits per heavy atom. The smallest absolute Gasteiger partial charge is 0.246 e. The predicted octanol–water partition coefficient (Wildman–Crippen LogP) is 1.98. The van der Waals surface area contributed by atoms with E-state index in [9.17, 15) is 0 Å². The second-order valence-corrected chi connectivity index (χ2v) is 4.16. The highest BCUT2D eigenvalue weighted by molar-refractivity contribution is 5.49. The van der Waals surface area contributed by atoms with Crippen molar-refractivity contribution in [1.82, 2.24) is 5.48 Å². The van der Waals surface area contributed by atoms with Crippen molar-refractivity contribution in [2.75, 3.05) is 0 Å². The molecule has 0 aromatic heterocycles. The van der Waals surface area contributed by atoms with Crippen LogP contribution in [0, 0.1) is 6.92 Å². The molecule has 1 aliphatic rings. The maximum atomic E-state index is 8.67. The van der Waals surface area contributed by atoms with Crippen molar-refractivity contribution in [3.8, 4) is 11.5 Å². The molecule has 1 heterocycles. The average molecular weight is 209 g/mol. The number of hydrogen-bond donors (Lipinski definition) is 2. The van der Waals surface area contributed by atoms with E-state index in [4.69, 9.17) is 14.7 Å². The molecule has 2 rings (SSSR count). The fourth-order valence-electron chi connectivity index (χ4n) is 1.69. The minimum Gasteiger partial charge on any atom is -0.449 e. The van der Waals surface area contributed by atoms with Crippen LogP contribution in [0.3, 0.4) is 0 Å². The van der Waals surface area contributed by atoms with Gasteiger partial charge in [-0.2, -0.15) is 0 Å². The standard InChI is InChI=1S/C11H15NO3/c1-7-4-9-10(5-8(7)6-12-13)15-11(2,3)14-9/h4-5,12-13H,6H2,1-3H3. The molecule has 82 valence electrons. The Morgan fingerprint density at radius 1 is 1.27 bits per heavy atom. The molecule has 0 fully saturated rings. The van der Waals surface area contributed by atoms with Crippen LogP contribution < -0.4 is 15.0 Å². The predicted molar refractivity (Wildman–Crippen MR) is 55.1 cm³/mol. The van der Waals surface area contributed by atoms with Gasteiger partial charge in [0.2, 0.25) is 5.79 Å². The van der Waals surface area contributed by atoms with E-state index in [0.29, 0.717) is 6.54 Å². The van der Waals surface area contributed by atoms with Crippen molar-refractivity contribution >= 4 is 0 Å². The summed E-state index contributed by atoms with van der Waals surface area (Å²) in [5.41, 5.74) is 4.20. The lowest BCUT2D eigenvalue weighted by atomic mass is 10.1. The minimum absolute atomic E-state index is 0.406. The van der Waals surface area contributed by atoms with Gasteiger partial charge in [0.05, 0.1) is 0 Å². The lowest BCUT2D eigenvalue weighted by Crippen LogP contribution is -2.29. The Bertz CT molecular complexity index is 388. The molecule has 0 radical (unpaired) electrons. The number of fused-ring (bicyclic) bond motifs is 1. The largest absolute Gasteiger partial charge is 0.449 e. The molecule has 15 heavy (non-hydrogen) atoms. The molecule has 0 atom stereocenters. The van der Waals surface area contributed by atoms with Crippen molar-refractivity contribution in [2.24, 2.45) is 0 Å². The van der Waals surface area contributed by atoms with Crippen LogP contribution >= 0.6 is 0 Å². The van der Waals surface area contributed by atoms with Gasteiger partial charge in [-0.05, 0) is 30.2 Å². The third-order valence-electron chi connectivity index (χ3n) is 2.38. The normalized spacial score (nSPS) is 16.8. The molecule has 2 N–H and O–H groups in total. The van der Waals surface area contributed by atoms with Crippen molar-refractivity contribution in [3.63, 3.8) is 0 Å². The van der Waals surface area contributed by atoms with Gasteiger partial charge in [0.1, 0.15) is 0 Å². The Labute approximate surface area is 88.8 Å².